The van der Waals surface area contributed by atoms with Crippen molar-refractivity contribution in [3.63, 3.8) is 0 Å². The summed E-state index contributed by atoms with van der Waals surface area (Å²) in [5.74, 6) is 0.497. The maximum absolute atomic E-state index is 12.1. The molecule has 110 valence electrons. The molecule has 1 amide bonds. The van der Waals surface area contributed by atoms with Gasteiger partial charge in [0.25, 0.3) is 0 Å². The molecule has 2 fully saturated rings. The lowest BCUT2D eigenvalue weighted by Gasteiger charge is -2.31. The predicted molar refractivity (Wildman–Crippen MR) is 74.1 cm³/mol. The molecule has 1 saturated carbocycles. The summed E-state index contributed by atoms with van der Waals surface area (Å²) >= 11 is 0. The summed E-state index contributed by atoms with van der Waals surface area (Å²) in [6, 6.07) is 0. The second-order valence-corrected chi connectivity index (χ2v) is 8.20. The summed E-state index contributed by atoms with van der Waals surface area (Å²) in [7, 11) is -3.01. The number of sulfonamides is 1. The number of carbonyl (C=O) groups is 1. The molecular weight excluding hydrogens is 264 g/mol. The van der Waals surface area contributed by atoms with Gasteiger partial charge < -0.3 is 5.32 Å². The minimum absolute atomic E-state index is 0.00957. The van der Waals surface area contributed by atoms with Crippen LogP contribution in [0.4, 0.5) is 0 Å². The summed E-state index contributed by atoms with van der Waals surface area (Å²) in [6.07, 6.45) is 3.36. The van der Waals surface area contributed by atoms with Crippen molar-refractivity contribution in [1.29, 1.82) is 0 Å². The lowest BCUT2D eigenvalue weighted by atomic mass is 9.98. The fourth-order valence-corrected chi connectivity index (χ4v) is 4.27. The Kier molecular flexibility index (Phi) is 4.50. The number of nitrogens with zero attached hydrogens (tertiary/aromatic N) is 1. The molecular formula is C13H24N2O3S. The number of carbonyl (C=O) groups excluding carboxylic acids is 1. The Morgan fingerprint density at radius 2 is 1.79 bits per heavy atom. The van der Waals surface area contributed by atoms with E-state index in [4.69, 9.17) is 0 Å². The van der Waals surface area contributed by atoms with E-state index in [1.165, 1.54) is 0 Å². The number of piperidine rings is 1. The Hall–Kier alpha value is -0.620. The van der Waals surface area contributed by atoms with Crippen molar-refractivity contribution in [2.75, 3.05) is 19.6 Å². The molecule has 0 spiro atoms. The smallest absolute Gasteiger partial charge is 0.222 e. The second-order valence-electron chi connectivity index (χ2n) is 5.99. The minimum atomic E-state index is -3.01. The average molecular weight is 288 g/mol. The number of nitrogens with one attached hydrogen (secondary N) is 1. The Labute approximate surface area is 115 Å². The first-order chi connectivity index (χ1) is 8.91. The first-order valence-corrected chi connectivity index (χ1v) is 8.68. The van der Waals surface area contributed by atoms with Crippen molar-refractivity contribution in [2.24, 2.45) is 11.8 Å². The maximum Gasteiger partial charge on any atom is 0.222 e. The van der Waals surface area contributed by atoms with Gasteiger partial charge in [-0.3, -0.25) is 4.79 Å². The molecule has 1 heterocycles. The maximum atomic E-state index is 12.1. The molecule has 0 aromatic rings. The second kappa shape index (κ2) is 5.79. The molecule has 0 bridgehead atoms. The topological polar surface area (TPSA) is 66.5 Å². The molecule has 1 aliphatic carbocycles. The largest absolute Gasteiger partial charge is 0.356 e. The van der Waals surface area contributed by atoms with Crippen LogP contribution in [-0.4, -0.2) is 43.5 Å². The minimum Gasteiger partial charge on any atom is -0.356 e. The normalized spacial score (nSPS) is 22.7. The van der Waals surface area contributed by atoms with Gasteiger partial charge in [0.2, 0.25) is 15.9 Å². The van der Waals surface area contributed by atoms with Gasteiger partial charge in [0.05, 0.1) is 5.25 Å². The van der Waals surface area contributed by atoms with Crippen molar-refractivity contribution < 1.29 is 13.2 Å². The van der Waals surface area contributed by atoms with Crippen LogP contribution < -0.4 is 5.32 Å². The van der Waals surface area contributed by atoms with Crippen LogP contribution in [0, 0.1) is 11.8 Å². The lowest BCUT2D eigenvalue weighted by Crippen LogP contribution is -2.43. The Balaban J connectivity index is 1.75. The van der Waals surface area contributed by atoms with Gasteiger partial charge in [0.1, 0.15) is 0 Å². The van der Waals surface area contributed by atoms with E-state index >= 15 is 0 Å². The van der Waals surface area contributed by atoms with Crippen molar-refractivity contribution in [2.45, 2.75) is 44.8 Å². The first-order valence-electron chi connectivity index (χ1n) is 7.18. The first kappa shape index (κ1) is 14.8. The van der Waals surface area contributed by atoms with Gasteiger partial charge in [0.15, 0.2) is 0 Å². The van der Waals surface area contributed by atoms with Gasteiger partial charge in [-0.25, -0.2) is 12.7 Å². The van der Waals surface area contributed by atoms with Gasteiger partial charge in [-0.2, -0.15) is 0 Å². The highest BCUT2D eigenvalue weighted by molar-refractivity contribution is 7.90. The number of rotatable bonds is 5. The van der Waals surface area contributed by atoms with Crippen LogP contribution in [0.5, 0.6) is 0 Å². The highest BCUT2D eigenvalue weighted by atomic mass is 32.2. The van der Waals surface area contributed by atoms with Crippen LogP contribution in [-0.2, 0) is 14.8 Å². The molecule has 0 aromatic carbocycles. The van der Waals surface area contributed by atoms with Gasteiger partial charge in [-0.05, 0) is 31.6 Å². The van der Waals surface area contributed by atoms with Crippen molar-refractivity contribution in [3.05, 3.63) is 0 Å². The van der Waals surface area contributed by atoms with E-state index in [1.54, 1.807) is 4.31 Å². The van der Waals surface area contributed by atoms with Crippen LogP contribution in [0.2, 0.25) is 0 Å². The zero-order chi connectivity index (χ0) is 14.0. The van der Waals surface area contributed by atoms with Gasteiger partial charge >= 0.3 is 0 Å². The summed E-state index contributed by atoms with van der Waals surface area (Å²) < 4.78 is 25.8. The van der Waals surface area contributed by atoms with Gasteiger partial charge in [0, 0.05) is 25.6 Å². The molecule has 6 heteroatoms. The van der Waals surface area contributed by atoms with E-state index in [0.717, 1.165) is 25.7 Å². The van der Waals surface area contributed by atoms with E-state index in [1.807, 2.05) is 13.8 Å². The Morgan fingerprint density at radius 3 is 2.26 bits per heavy atom. The zero-order valence-electron chi connectivity index (χ0n) is 11.8. The summed E-state index contributed by atoms with van der Waals surface area (Å²) in [5, 5.41) is 2.83. The third-order valence-corrected chi connectivity index (χ3v) is 6.37. The predicted octanol–water partition coefficient (Wildman–Crippen LogP) is 0.963. The zero-order valence-corrected chi connectivity index (χ0v) is 12.6. The molecule has 5 nitrogen and oxygen atoms in total. The quantitative estimate of drug-likeness (QED) is 0.819. The van der Waals surface area contributed by atoms with Gasteiger partial charge in [-0.1, -0.05) is 13.8 Å². The number of hydrogen-bond donors (Lipinski definition) is 1. The Morgan fingerprint density at radius 1 is 1.21 bits per heavy atom. The average Bonchev–Trinajstić information content (AvgIpc) is 3.20. The molecule has 2 rings (SSSR count). The van der Waals surface area contributed by atoms with E-state index in [9.17, 15) is 13.2 Å². The number of amides is 1. The van der Waals surface area contributed by atoms with Crippen LogP contribution >= 0.6 is 0 Å². The highest BCUT2D eigenvalue weighted by Gasteiger charge is 2.41. The van der Waals surface area contributed by atoms with E-state index in [0.29, 0.717) is 25.6 Å². The SMILES string of the molecule is CC(C)C(=O)NCC1CCN(S(=O)(=O)C2CC2)CC1. The fraction of sp³-hybridized carbons (Fsp3) is 0.923. The van der Waals surface area contributed by atoms with Crippen LogP contribution in [0.3, 0.4) is 0 Å². The summed E-state index contributed by atoms with van der Waals surface area (Å²) in [4.78, 5) is 11.5. The van der Waals surface area contributed by atoms with E-state index in [-0.39, 0.29) is 17.1 Å². The third-order valence-electron chi connectivity index (χ3n) is 3.97. The lowest BCUT2D eigenvalue weighted by molar-refractivity contribution is -0.124. The molecule has 1 N–H and O–H groups in total. The molecule has 19 heavy (non-hydrogen) atoms. The molecule has 0 aromatic heterocycles. The van der Waals surface area contributed by atoms with Crippen LogP contribution in [0.1, 0.15) is 39.5 Å². The standard InChI is InChI=1S/C13H24N2O3S/c1-10(2)13(16)14-9-11-5-7-15(8-6-11)19(17,18)12-3-4-12/h10-12H,3-9H2,1-2H3,(H,14,16). The van der Waals surface area contributed by atoms with Gasteiger partial charge in [-0.15, -0.1) is 0 Å². The monoisotopic (exact) mass is 288 g/mol. The molecule has 0 radical (unpaired) electrons. The van der Waals surface area contributed by atoms with Crippen LogP contribution in [0.15, 0.2) is 0 Å². The Bertz CT molecular complexity index is 421. The van der Waals surface area contributed by atoms with Crippen molar-refractivity contribution in [1.82, 2.24) is 9.62 Å². The van der Waals surface area contributed by atoms with E-state index in [2.05, 4.69) is 5.32 Å². The molecule has 0 atom stereocenters. The summed E-state index contributed by atoms with van der Waals surface area (Å²) in [5.41, 5.74) is 0. The van der Waals surface area contributed by atoms with Crippen molar-refractivity contribution >= 4 is 15.9 Å². The molecule has 2 aliphatic rings. The van der Waals surface area contributed by atoms with Crippen LogP contribution in [0.25, 0.3) is 0 Å². The fourth-order valence-electron chi connectivity index (χ4n) is 2.39. The highest BCUT2D eigenvalue weighted by Crippen LogP contribution is 2.32. The molecule has 1 aliphatic heterocycles. The van der Waals surface area contributed by atoms with E-state index < -0.39 is 10.0 Å². The molecule has 0 unspecified atom stereocenters. The number of hydrogen-bond acceptors (Lipinski definition) is 3. The molecule has 1 saturated heterocycles. The third kappa shape index (κ3) is 3.69. The van der Waals surface area contributed by atoms with Crippen molar-refractivity contribution in [3.8, 4) is 0 Å². The summed E-state index contributed by atoms with van der Waals surface area (Å²) in [6.45, 7) is 5.65.